The molecule has 3 rings (SSSR count). The number of nitrogens with zero attached hydrogens (tertiary/aromatic N) is 1. The van der Waals surface area contributed by atoms with E-state index in [1.54, 1.807) is 24.3 Å². The van der Waals surface area contributed by atoms with E-state index in [-0.39, 0.29) is 16.2 Å². The number of hydroxylamine groups is 2. The van der Waals surface area contributed by atoms with Crippen molar-refractivity contribution in [1.82, 2.24) is 5.06 Å². The van der Waals surface area contributed by atoms with Crippen molar-refractivity contribution in [1.29, 1.82) is 0 Å². The molecular formula is C12H8N2O3. The number of carbonyl (C=O) groups excluding carboxylic acids is 2. The van der Waals surface area contributed by atoms with Crippen molar-refractivity contribution in [2.45, 2.75) is 0 Å². The van der Waals surface area contributed by atoms with Gasteiger partial charge in [-0.3, -0.25) is 14.8 Å². The summed E-state index contributed by atoms with van der Waals surface area (Å²) in [6, 6.07) is 8.07. The Kier molecular flexibility index (Phi) is 1.76. The predicted molar refractivity (Wildman–Crippen MR) is 60.6 cm³/mol. The molecule has 2 amide bonds. The van der Waals surface area contributed by atoms with Gasteiger partial charge in [0, 0.05) is 16.5 Å². The van der Waals surface area contributed by atoms with Crippen molar-refractivity contribution in [2.75, 3.05) is 5.73 Å². The van der Waals surface area contributed by atoms with Gasteiger partial charge in [0.05, 0.1) is 11.1 Å². The van der Waals surface area contributed by atoms with Gasteiger partial charge < -0.3 is 5.73 Å². The molecule has 1 aliphatic heterocycles. The average molecular weight is 228 g/mol. The standard InChI is InChI=1S/C12H8N2O3/c13-9-5-4-8-10-6(9)2-1-3-7(10)11(15)14(17)12(8)16/h1-5,17H,13H2. The van der Waals surface area contributed by atoms with Gasteiger partial charge in [0.15, 0.2) is 0 Å². The Bertz CT molecular complexity index is 657. The summed E-state index contributed by atoms with van der Waals surface area (Å²) in [7, 11) is 0. The molecule has 0 unspecified atom stereocenters. The highest BCUT2D eigenvalue weighted by atomic mass is 16.5. The number of hydrogen-bond acceptors (Lipinski definition) is 4. The summed E-state index contributed by atoms with van der Waals surface area (Å²) in [5.74, 6) is -1.45. The fraction of sp³-hybridized carbons (Fsp3) is 0. The van der Waals surface area contributed by atoms with E-state index in [1.165, 1.54) is 6.07 Å². The Morgan fingerprint density at radius 2 is 1.65 bits per heavy atom. The molecule has 2 aromatic carbocycles. The number of nitrogen functional groups attached to an aromatic ring is 1. The summed E-state index contributed by atoms with van der Waals surface area (Å²) in [5.41, 5.74) is 6.87. The number of rotatable bonds is 0. The van der Waals surface area contributed by atoms with Crippen LogP contribution in [-0.4, -0.2) is 22.1 Å². The highest BCUT2D eigenvalue weighted by molar-refractivity contribution is 6.25. The summed E-state index contributed by atoms with van der Waals surface area (Å²) in [5, 5.41) is 10.7. The van der Waals surface area contributed by atoms with Gasteiger partial charge in [0.1, 0.15) is 0 Å². The van der Waals surface area contributed by atoms with E-state index in [9.17, 15) is 14.8 Å². The summed E-state index contributed by atoms with van der Waals surface area (Å²) < 4.78 is 0. The average Bonchev–Trinajstić information content (AvgIpc) is 2.35. The Labute approximate surface area is 96.0 Å². The number of imide groups is 1. The Morgan fingerprint density at radius 3 is 2.35 bits per heavy atom. The van der Waals surface area contributed by atoms with Crippen LogP contribution in [0.4, 0.5) is 5.69 Å². The molecule has 0 bridgehead atoms. The lowest BCUT2D eigenvalue weighted by atomic mass is 9.94. The van der Waals surface area contributed by atoms with Crippen LogP contribution in [0.1, 0.15) is 20.7 Å². The maximum atomic E-state index is 11.7. The summed E-state index contributed by atoms with van der Waals surface area (Å²) in [6.45, 7) is 0. The second kappa shape index (κ2) is 3.05. The molecule has 1 heterocycles. The van der Waals surface area contributed by atoms with Gasteiger partial charge in [-0.1, -0.05) is 12.1 Å². The molecule has 0 fully saturated rings. The van der Waals surface area contributed by atoms with Crippen molar-refractivity contribution >= 4 is 28.3 Å². The fourth-order valence-corrected chi connectivity index (χ4v) is 2.11. The van der Waals surface area contributed by atoms with E-state index in [2.05, 4.69) is 0 Å². The first-order chi connectivity index (χ1) is 8.11. The van der Waals surface area contributed by atoms with Crippen LogP contribution in [0.15, 0.2) is 30.3 Å². The van der Waals surface area contributed by atoms with Gasteiger partial charge >= 0.3 is 0 Å². The normalized spacial score (nSPS) is 14.5. The molecule has 1 aliphatic rings. The third-order valence-electron chi connectivity index (χ3n) is 2.92. The minimum absolute atomic E-state index is 0.132. The van der Waals surface area contributed by atoms with E-state index in [1.807, 2.05) is 0 Å². The number of carbonyl (C=O) groups is 2. The fourth-order valence-electron chi connectivity index (χ4n) is 2.11. The van der Waals surface area contributed by atoms with Crippen LogP contribution >= 0.6 is 0 Å². The van der Waals surface area contributed by atoms with E-state index in [0.717, 1.165) is 0 Å². The molecule has 0 aromatic heterocycles. The monoisotopic (exact) mass is 228 g/mol. The number of benzene rings is 2. The summed E-state index contributed by atoms with van der Waals surface area (Å²) in [4.78, 5) is 23.5. The molecule has 0 saturated heterocycles. The quantitative estimate of drug-likeness (QED) is 0.405. The van der Waals surface area contributed by atoms with Gasteiger partial charge in [0.2, 0.25) is 0 Å². The van der Waals surface area contributed by atoms with Crippen LogP contribution in [-0.2, 0) is 0 Å². The molecule has 5 nitrogen and oxygen atoms in total. The lowest BCUT2D eigenvalue weighted by Crippen LogP contribution is -2.37. The molecular weight excluding hydrogens is 220 g/mol. The highest BCUT2D eigenvalue weighted by Gasteiger charge is 2.32. The van der Waals surface area contributed by atoms with E-state index in [0.29, 0.717) is 16.5 Å². The first-order valence-corrected chi connectivity index (χ1v) is 5.00. The number of nitrogens with two attached hydrogens (primary N) is 1. The summed E-state index contributed by atoms with van der Waals surface area (Å²) >= 11 is 0. The molecule has 17 heavy (non-hydrogen) atoms. The number of amides is 2. The van der Waals surface area contributed by atoms with Gasteiger partial charge in [-0.25, -0.2) is 0 Å². The lowest BCUT2D eigenvalue weighted by Gasteiger charge is -2.22. The van der Waals surface area contributed by atoms with Crippen molar-refractivity contribution in [2.24, 2.45) is 0 Å². The zero-order chi connectivity index (χ0) is 12.2. The Morgan fingerprint density at radius 1 is 1.00 bits per heavy atom. The zero-order valence-electron chi connectivity index (χ0n) is 8.68. The van der Waals surface area contributed by atoms with Crippen molar-refractivity contribution < 1.29 is 14.8 Å². The Hall–Kier alpha value is -2.40. The molecule has 0 aliphatic carbocycles. The second-order valence-electron chi connectivity index (χ2n) is 3.85. The molecule has 0 atom stereocenters. The molecule has 0 radical (unpaired) electrons. The van der Waals surface area contributed by atoms with Crippen LogP contribution in [0.3, 0.4) is 0 Å². The smallest absolute Gasteiger partial charge is 0.285 e. The predicted octanol–water partition coefficient (Wildman–Crippen LogP) is 1.41. The molecule has 5 heteroatoms. The van der Waals surface area contributed by atoms with Crippen molar-refractivity contribution in [3.63, 3.8) is 0 Å². The zero-order valence-corrected chi connectivity index (χ0v) is 8.68. The van der Waals surface area contributed by atoms with Gasteiger partial charge in [-0.05, 0) is 18.2 Å². The molecule has 0 spiro atoms. The summed E-state index contributed by atoms with van der Waals surface area (Å²) in [6.07, 6.45) is 0. The van der Waals surface area contributed by atoms with Crippen LogP contribution in [0.5, 0.6) is 0 Å². The molecule has 3 N–H and O–H groups in total. The second-order valence-corrected chi connectivity index (χ2v) is 3.85. The van der Waals surface area contributed by atoms with Gasteiger partial charge in [-0.15, -0.1) is 5.06 Å². The third kappa shape index (κ3) is 1.11. The SMILES string of the molecule is Nc1ccc2c3c(cccc13)C(=O)N(O)C2=O. The van der Waals surface area contributed by atoms with E-state index >= 15 is 0 Å². The topological polar surface area (TPSA) is 83.6 Å². The van der Waals surface area contributed by atoms with Crippen LogP contribution in [0.2, 0.25) is 0 Å². The first kappa shape index (κ1) is 9.80. The number of anilines is 1. The van der Waals surface area contributed by atoms with Crippen LogP contribution < -0.4 is 5.73 Å². The van der Waals surface area contributed by atoms with Crippen molar-refractivity contribution in [3.05, 3.63) is 41.5 Å². The van der Waals surface area contributed by atoms with E-state index < -0.39 is 11.8 Å². The minimum Gasteiger partial charge on any atom is -0.398 e. The number of hydrogen-bond donors (Lipinski definition) is 2. The Balaban J connectivity index is 2.54. The van der Waals surface area contributed by atoms with Crippen LogP contribution in [0, 0.1) is 0 Å². The lowest BCUT2D eigenvalue weighted by molar-refractivity contribution is -0.0377. The molecule has 84 valence electrons. The first-order valence-electron chi connectivity index (χ1n) is 5.00. The molecule has 2 aromatic rings. The minimum atomic E-state index is -0.723. The highest BCUT2D eigenvalue weighted by Crippen LogP contribution is 2.32. The van der Waals surface area contributed by atoms with Crippen molar-refractivity contribution in [3.8, 4) is 0 Å². The van der Waals surface area contributed by atoms with E-state index in [4.69, 9.17) is 5.73 Å². The van der Waals surface area contributed by atoms with Gasteiger partial charge in [0.25, 0.3) is 11.8 Å². The van der Waals surface area contributed by atoms with Gasteiger partial charge in [-0.2, -0.15) is 0 Å². The van der Waals surface area contributed by atoms with Crippen LogP contribution in [0.25, 0.3) is 10.8 Å². The maximum Gasteiger partial charge on any atom is 0.285 e. The molecule has 0 saturated carbocycles. The largest absolute Gasteiger partial charge is 0.398 e. The maximum absolute atomic E-state index is 11.7. The third-order valence-corrected chi connectivity index (χ3v) is 2.92.